The Kier molecular flexibility index (Phi) is 2.12. The summed E-state index contributed by atoms with van der Waals surface area (Å²) in [7, 11) is 1.57. The molecule has 1 aromatic rings. The Labute approximate surface area is 66.2 Å². The zero-order valence-electron chi connectivity index (χ0n) is 6.59. The molecule has 0 amide bonds. The van der Waals surface area contributed by atoms with Gasteiger partial charge in [0.15, 0.2) is 0 Å². The van der Waals surface area contributed by atoms with E-state index in [2.05, 4.69) is 4.85 Å². The SMILES string of the molecule is COc1cccc(C)c1[N+]#[11C-]. The summed E-state index contributed by atoms with van der Waals surface area (Å²) >= 11 is 0. The molecule has 1 rings (SSSR count). The molecule has 0 atom stereocenters. The van der Waals surface area contributed by atoms with Crippen molar-refractivity contribution in [3.05, 3.63) is 35.2 Å². The second kappa shape index (κ2) is 3.07. The fraction of sp³-hybridized carbons (Fsp3) is 0.222. The monoisotopic (exact) mass is 146 g/mol. The van der Waals surface area contributed by atoms with Crippen LogP contribution in [-0.2, 0) is 0 Å². The van der Waals surface area contributed by atoms with Crippen LogP contribution >= 0.6 is 0 Å². The summed E-state index contributed by atoms with van der Waals surface area (Å²) in [5.74, 6) is 0.653. The van der Waals surface area contributed by atoms with Gasteiger partial charge in [-0.3, -0.25) is 0 Å². The van der Waals surface area contributed by atoms with Crippen molar-refractivity contribution in [3.8, 4) is 5.75 Å². The Balaban J connectivity index is 3.27. The molecule has 0 aliphatic carbocycles. The van der Waals surface area contributed by atoms with Crippen molar-refractivity contribution < 1.29 is 4.74 Å². The van der Waals surface area contributed by atoms with E-state index >= 15 is 0 Å². The largest absolute Gasteiger partial charge is 0.508 e. The van der Waals surface area contributed by atoms with E-state index in [0.717, 1.165) is 5.56 Å². The molecular weight excluding hydrogens is 137 g/mol. The van der Waals surface area contributed by atoms with Crippen molar-refractivity contribution in [2.45, 2.75) is 6.92 Å². The van der Waals surface area contributed by atoms with Crippen LogP contribution in [-0.4, -0.2) is 7.11 Å². The maximum absolute atomic E-state index is 6.87. The summed E-state index contributed by atoms with van der Waals surface area (Å²) in [5.41, 5.74) is 1.56. The molecule has 0 saturated carbocycles. The van der Waals surface area contributed by atoms with Crippen LogP contribution in [0.3, 0.4) is 0 Å². The Morgan fingerprint density at radius 3 is 2.64 bits per heavy atom. The van der Waals surface area contributed by atoms with Crippen LogP contribution in [0.15, 0.2) is 18.2 Å². The molecule has 0 fully saturated rings. The zero-order chi connectivity index (χ0) is 8.27. The van der Waals surface area contributed by atoms with Gasteiger partial charge in [-0.1, -0.05) is 12.1 Å². The summed E-state index contributed by atoms with van der Waals surface area (Å²) in [6.07, 6.45) is 0. The summed E-state index contributed by atoms with van der Waals surface area (Å²) in [5, 5.41) is 0. The summed E-state index contributed by atoms with van der Waals surface area (Å²) in [6, 6.07) is 5.57. The average Bonchev–Trinajstić information content (AvgIpc) is 2.04. The van der Waals surface area contributed by atoms with E-state index in [0.29, 0.717) is 11.4 Å². The van der Waals surface area contributed by atoms with Crippen LogP contribution < -0.4 is 4.74 Å². The number of para-hydroxylation sites is 1. The number of rotatable bonds is 1. The minimum Gasteiger partial charge on any atom is -0.508 e. The third-order valence-corrected chi connectivity index (χ3v) is 1.53. The summed E-state index contributed by atoms with van der Waals surface area (Å²) in [4.78, 5) is 3.37. The third kappa shape index (κ3) is 1.32. The Bertz CT molecular complexity index is 299. The molecule has 56 valence electrons. The number of benzene rings is 1. The number of nitrogens with zero attached hydrogens (tertiary/aromatic N) is 1. The molecule has 0 heterocycles. The topological polar surface area (TPSA) is 13.6 Å². The highest BCUT2D eigenvalue weighted by Crippen LogP contribution is 2.30. The Morgan fingerprint density at radius 2 is 2.18 bits per heavy atom. The van der Waals surface area contributed by atoms with Crippen molar-refractivity contribution in [3.63, 3.8) is 0 Å². The second-order valence-electron chi connectivity index (χ2n) is 2.24. The lowest BCUT2D eigenvalue weighted by Gasteiger charge is -2.03. The third-order valence-electron chi connectivity index (χ3n) is 1.53. The molecule has 0 bridgehead atoms. The minimum absolute atomic E-state index is 0.606. The van der Waals surface area contributed by atoms with Crippen molar-refractivity contribution in [2.75, 3.05) is 7.11 Å². The molecule has 0 aromatic heterocycles. The predicted octanol–water partition coefficient (Wildman–Crippen LogP) is 2.55. The fourth-order valence-corrected chi connectivity index (χ4v) is 0.940. The first-order valence-electron chi connectivity index (χ1n) is 3.30. The lowest BCUT2D eigenvalue weighted by molar-refractivity contribution is 0.417. The molecule has 2 heteroatoms. The van der Waals surface area contributed by atoms with Crippen molar-refractivity contribution in [1.29, 1.82) is 0 Å². The van der Waals surface area contributed by atoms with Crippen LogP contribution in [0.4, 0.5) is 5.69 Å². The van der Waals surface area contributed by atoms with Crippen LogP contribution in [0, 0.1) is 13.5 Å². The number of ether oxygens (including phenoxy) is 1. The van der Waals surface area contributed by atoms with Gasteiger partial charge in [0.25, 0.3) is 0 Å². The molecule has 0 spiro atoms. The van der Waals surface area contributed by atoms with E-state index in [1.54, 1.807) is 13.2 Å². The smallest absolute Gasteiger partial charge is 0.230 e. The highest BCUT2D eigenvalue weighted by Gasteiger charge is 2.03. The molecule has 2 nitrogen and oxygen atoms in total. The highest BCUT2D eigenvalue weighted by atomic mass is 16.5. The van der Waals surface area contributed by atoms with E-state index < -0.39 is 0 Å². The molecule has 0 aliphatic heterocycles. The van der Waals surface area contributed by atoms with E-state index in [9.17, 15) is 0 Å². The number of aryl methyl sites for hydroxylation is 1. The van der Waals surface area contributed by atoms with Crippen molar-refractivity contribution in [1.82, 2.24) is 0 Å². The Hall–Kier alpha value is -1.49. The molecule has 0 saturated heterocycles. The maximum Gasteiger partial charge on any atom is 0.230 e. The van der Waals surface area contributed by atoms with Crippen molar-refractivity contribution in [2.24, 2.45) is 0 Å². The zero-order valence-corrected chi connectivity index (χ0v) is 6.59. The van der Waals surface area contributed by atoms with Gasteiger partial charge in [0.2, 0.25) is 5.69 Å². The van der Waals surface area contributed by atoms with Crippen LogP contribution in [0.2, 0.25) is 0 Å². The van der Waals surface area contributed by atoms with E-state index in [1.165, 1.54) is 0 Å². The molecule has 11 heavy (non-hydrogen) atoms. The van der Waals surface area contributed by atoms with Gasteiger partial charge in [0.05, 0.1) is 13.7 Å². The fourth-order valence-electron chi connectivity index (χ4n) is 0.940. The number of methoxy groups -OCH3 is 1. The molecule has 0 unspecified atom stereocenters. The molecular formula is C9H9NO. The van der Waals surface area contributed by atoms with Gasteiger partial charge in [-0.25, -0.2) is 4.85 Å². The van der Waals surface area contributed by atoms with Gasteiger partial charge in [-0.2, -0.15) is 0 Å². The molecule has 0 N–H and O–H groups in total. The van der Waals surface area contributed by atoms with Gasteiger partial charge in [-0.15, -0.1) is 0 Å². The van der Waals surface area contributed by atoms with Crippen LogP contribution in [0.25, 0.3) is 4.85 Å². The van der Waals surface area contributed by atoms with Gasteiger partial charge >= 0.3 is 0 Å². The van der Waals surface area contributed by atoms with Gasteiger partial charge < -0.3 is 4.74 Å². The quantitative estimate of drug-likeness (QED) is 0.555. The lowest BCUT2D eigenvalue weighted by atomic mass is 10.2. The lowest BCUT2D eigenvalue weighted by Crippen LogP contribution is -1.83. The second-order valence-corrected chi connectivity index (χ2v) is 2.24. The first-order chi connectivity index (χ1) is 5.29. The van der Waals surface area contributed by atoms with Crippen LogP contribution in [0.1, 0.15) is 5.56 Å². The number of hydrogen-bond donors (Lipinski definition) is 0. The average molecular weight is 146 g/mol. The van der Waals surface area contributed by atoms with E-state index in [4.69, 9.17) is 11.3 Å². The predicted molar refractivity (Wildman–Crippen MR) is 44.0 cm³/mol. The van der Waals surface area contributed by atoms with Crippen molar-refractivity contribution >= 4 is 5.69 Å². The van der Waals surface area contributed by atoms with E-state index in [-0.39, 0.29) is 0 Å². The molecule has 0 aliphatic rings. The first kappa shape index (κ1) is 7.62. The summed E-state index contributed by atoms with van der Waals surface area (Å²) < 4.78 is 5.00. The number of hydrogen-bond acceptors (Lipinski definition) is 1. The first-order valence-corrected chi connectivity index (χ1v) is 3.30. The summed E-state index contributed by atoms with van der Waals surface area (Å²) in [6.45, 7) is 8.77. The Morgan fingerprint density at radius 1 is 1.45 bits per heavy atom. The van der Waals surface area contributed by atoms with E-state index in [1.807, 2.05) is 19.1 Å². The minimum atomic E-state index is 0.606. The molecule has 0 radical (unpaired) electrons. The highest BCUT2D eigenvalue weighted by molar-refractivity contribution is 5.62. The normalized spacial score (nSPS) is 8.82. The van der Waals surface area contributed by atoms with Crippen LogP contribution in [0.5, 0.6) is 5.75 Å². The van der Waals surface area contributed by atoms with Gasteiger partial charge in [0.1, 0.15) is 5.75 Å². The van der Waals surface area contributed by atoms with Gasteiger partial charge in [0, 0.05) is 0 Å². The maximum atomic E-state index is 6.87. The standard InChI is InChI=1S/C9H9NO/c1-7-5-4-6-8(11-3)9(7)10-2/h4-6H,1,3H3/i2-1. The molecule has 1 aromatic carbocycles. The van der Waals surface area contributed by atoms with Gasteiger partial charge in [-0.05, 0) is 18.6 Å².